The minimum Gasteiger partial charge on any atom is -0.357 e. The number of fused-ring (bicyclic) bond motifs is 3. The van der Waals surface area contributed by atoms with Crippen LogP contribution in [0, 0.1) is 38.2 Å². The fourth-order valence-electron chi connectivity index (χ4n) is 5.27. The van der Waals surface area contributed by atoms with Crippen LogP contribution in [0.5, 0.6) is 0 Å². The summed E-state index contributed by atoms with van der Waals surface area (Å²) in [5, 5.41) is 32.5. The van der Waals surface area contributed by atoms with Crippen LogP contribution in [0.3, 0.4) is 0 Å². The Labute approximate surface area is 195 Å². The number of nitro groups is 1. The van der Waals surface area contributed by atoms with Gasteiger partial charge in [0.05, 0.1) is 23.1 Å². The van der Waals surface area contributed by atoms with Crippen molar-refractivity contribution >= 4 is 17.5 Å². The van der Waals surface area contributed by atoms with E-state index in [1.54, 1.807) is 47.5 Å². The number of rotatable bonds is 4. The van der Waals surface area contributed by atoms with Crippen molar-refractivity contribution in [2.75, 3.05) is 0 Å². The molecule has 164 valence electrons. The highest BCUT2D eigenvalue weighted by atomic mass is 16.6. The predicted molar refractivity (Wildman–Crippen MR) is 124 cm³/mol. The Kier molecular flexibility index (Phi) is 4.96. The molecule has 1 fully saturated rings. The summed E-state index contributed by atoms with van der Waals surface area (Å²) in [4.78, 5) is 26.7. The Morgan fingerprint density at radius 2 is 1.68 bits per heavy atom. The maximum absolute atomic E-state index is 13.9. The number of hydrogen-bond acceptors (Lipinski definition) is 6. The van der Waals surface area contributed by atoms with Crippen LogP contribution >= 0.6 is 0 Å². The zero-order valence-electron chi connectivity index (χ0n) is 17.9. The number of nitrogens with zero attached hydrogens (tertiary/aromatic N) is 4. The number of non-ortho nitro benzene ring substituents is 1. The van der Waals surface area contributed by atoms with Crippen molar-refractivity contribution in [3.8, 4) is 12.1 Å². The number of carbonyl (C=O) groups excluding carboxylic acids is 1. The molecule has 0 bridgehead atoms. The van der Waals surface area contributed by atoms with Crippen LogP contribution in [-0.2, 0) is 0 Å². The second-order valence-corrected chi connectivity index (χ2v) is 8.39. The molecule has 0 aliphatic carbocycles. The number of benzene rings is 3. The first kappa shape index (κ1) is 21.1. The van der Waals surface area contributed by atoms with E-state index in [4.69, 9.17) is 0 Å². The standard InChI is InChI=1S/C27H18N4O3/c28-16-27(17-29)23(20-10-6-11-21(15-20)31(33)34)24(25(32)19-8-2-1-3-9-19)30-14-13-18-7-4-5-12-22(18)26(27)30/h1-15,23-24,26H/t23-,24+,26-/m0/s1. The van der Waals surface area contributed by atoms with Crippen molar-refractivity contribution in [2.45, 2.75) is 18.0 Å². The molecule has 3 atom stereocenters. The summed E-state index contributed by atoms with van der Waals surface area (Å²) in [5.41, 5.74) is 0.670. The van der Waals surface area contributed by atoms with Crippen LogP contribution in [0.15, 0.2) is 85.1 Å². The molecule has 7 heteroatoms. The van der Waals surface area contributed by atoms with Crippen LogP contribution in [0.1, 0.15) is 39.0 Å². The van der Waals surface area contributed by atoms with Gasteiger partial charge in [-0.3, -0.25) is 14.9 Å². The molecular weight excluding hydrogens is 428 g/mol. The smallest absolute Gasteiger partial charge is 0.269 e. The molecule has 0 saturated carbocycles. The number of nitro benzene ring substituents is 1. The highest BCUT2D eigenvalue weighted by Crippen LogP contribution is 2.60. The van der Waals surface area contributed by atoms with Crippen LogP contribution in [0.4, 0.5) is 5.69 Å². The molecule has 0 radical (unpaired) electrons. The Morgan fingerprint density at radius 1 is 0.971 bits per heavy atom. The molecule has 1 saturated heterocycles. The van der Waals surface area contributed by atoms with Crippen molar-refractivity contribution in [1.82, 2.24) is 4.90 Å². The predicted octanol–water partition coefficient (Wildman–Crippen LogP) is 5.00. The summed E-state index contributed by atoms with van der Waals surface area (Å²) in [5.74, 6) is -1.17. The van der Waals surface area contributed by atoms with Crippen LogP contribution in [-0.4, -0.2) is 21.6 Å². The molecular formula is C27H18N4O3. The molecule has 0 unspecified atom stereocenters. The maximum atomic E-state index is 13.9. The molecule has 0 aromatic heterocycles. The molecule has 5 rings (SSSR count). The van der Waals surface area contributed by atoms with Gasteiger partial charge in [-0.2, -0.15) is 10.5 Å². The number of carbonyl (C=O) groups is 1. The highest BCUT2D eigenvalue weighted by Gasteiger charge is 2.64. The van der Waals surface area contributed by atoms with Gasteiger partial charge < -0.3 is 4.90 Å². The molecule has 34 heavy (non-hydrogen) atoms. The van der Waals surface area contributed by atoms with Gasteiger partial charge in [0.2, 0.25) is 0 Å². The van der Waals surface area contributed by atoms with E-state index >= 15 is 0 Å². The third kappa shape index (κ3) is 2.99. The summed E-state index contributed by atoms with van der Waals surface area (Å²) in [7, 11) is 0. The first-order valence-electron chi connectivity index (χ1n) is 10.7. The third-order valence-electron chi connectivity index (χ3n) is 6.71. The van der Waals surface area contributed by atoms with Gasteiger partial charge in [0, 0.05) is 29.8 Å². The van der Waals surface area contributed by atoms with Gasteiger partial charge in [0.1, 0.15) is 6.04 Å². The Morgan fingerprint density at radius 3 is 2.38 bits per heavy atom. The van der Waals surface area contributed by atoms with E-state index in [-0.39, 0.29) is 11.5 Å². The van der Waals surface area contributed by atoms with Gasteiger partial charge in [-0.15, -0.1) is 0 Å². The lowest BCUT2D eigenvalue weighted by atomic mass is 9.67. The second-order valence-electron chi connectivity index (χ2n) is 8.39. The van der Waals surface area contributed by atoms with E-state index in [1.807, 2.05) is 30.3 Å². The quantitative estimate of drug-likeness (QED) is 0.317. The second kappa shape index (κ2) is 7.99. The largest absolute Gasteiger partial charge is 0.357 e. The fourth-order valence-corrected chi connectivity index (χ4v) is 5.27. The summed E-state index contributed by atoms with van der Waals surface area (Å²) in [6.07, 6.45) is 3.63. The van der Waals surface area contributed by atoms with Crippen molar-refractivity contribution in [3.63, 3.8) is 0 Å². The van der Waals surface area contributed by atoms with E-state index in [1.165, 1.54) is 18.2 Å². The lowest BCUT2D eigenvalue weighted by Crippen LogP contribution is -2.37. The molecule has 2 heterocycles. The van der Waals surface area contributed by atoms with Crippen molar-refractivity contribution in [3.05, 3.63) is 117 Å². The van der Waals surface area contributed by atoms with E-state index in [0.29, 0.717) is 11.1 Å². The normalized spacial score (nSPS) is 21.6. The van der Waals surface area contributed by atoms with Gasteiger partial charge in [-0.25, -0.2) is 0 Å². The third-order valence-corrected chi connectivity index (χ3v) is 6.71. The molecule has 0 amide bonds. The van der Waals surface area contributed by atoms with E-state index < -0.39 is 28.3 Å². The number of nitriles is 2. The Bertz CT molecular complexity index is 1400. The van der Waals surface area contributed by atoms with Gasteiger partial charge in [0.25, 0.3) is 5.69 Å². The maximum Gasteiger partial charge on any atom is 0.269 e. The van der Waals surface area contributed by atoms with Crippen molar-refractivity contribution in [2.24, 2.45) is 5.41 Å². The molecule has 2 aliphatic heterocycles. The molecule has 3 aromatic rings. The van der Waals surface area contributed by atoms with E-state index in [9.17, 15) is 25.4 Å². The van der Waals surface area contributed by atoms with Crippen LogP contribution < -0.4 is 0 Å². The highest BCUT2D eigenvalue weighted by molar-refractivity contribution is 6.01. The number of hydrogen-bond donors (Lipinski definition) is 0. The van der Waals surface area contributed by atoms with Crippen molar-refractivity contribution in [1.29, 1.82) is 10.5 Å². The fraction of sp³-hybridized carbons (Fsp3) is 0.148. The monoisotopic (exact) mass is 446 g/mol. The molecule has 0 spiro atoms. The average molecular weight is 446 g/mol. The van der Waals surface area contributed by atoms with Gasteiger partial charge in [-0.1, -0.05) is 66.7 Å². The first-order chi connectivity index (χ1) is 16.5. The minimum atomic E-state index is -1.66. The lowest BCUT2D eigenvalue weighted by Gasteiger charge is -2.34. The van der Waals surface area contributed by atoms with E-state index in [2.05, 4.69) is 12.1 Å². The Balaban J connectivity index is 1.79. The summed E-state index contributed by atoms with van der Waals surface area (Å²) in [6, 6.07) is 24.9. The molecule has 2 aliphatic rings. The number of ketones is 1. The van der Waals surface area contributed by atoms with E-state index in [0.717, 1.165) is 11.1 Å². The number of Topliss-reactive ketones (excluding diaryl/α,β-unsaturated/α-hetero) is 1. The minimum absolute atomic E-state index is 0.158. The topological polar surface area (TPSA) is 111 Å². The SMILES string of the molecule is N#CC1(C#N)[C@@H]2c3ccccc3C=CN2[C@@H](C(=O)c2ccccc2)[C@@H]1c1cccc([N+](=O)[O-])c1. The van der Waals surface area contributed by atoms with Gasteiger partial charge in [0.15, 0.2) is 11.2 Å². The molecule has 3 aromatic carbocycles. The zero-order chi connectivity index (χ0) is 23.9. The summed E-state index contributed by atoms with van der Waals surface area (Å²) >= 11 is 0. The zero-order valence-corrected chi connectivity index (χ0v) is 17.9. The van der Waals surface area contributed by atoms with Gasteiger partial charge >= 0.3 is 0 Å². The van der Waals surface area contributed by atoms with Crippen LogP contribution in [0.25, 0.3) is 6.08 Å². The lowest BCUT2D eigenvalue weighted by molar-refractivity contribution is -0.384. The summed E-state index contributed by atoms with van der Waals surface area (Å²) in [6.45, 7) is 0. The molecule has 0 N–H and O–H groups in total. The van der Waals surface area contributed by atoms with Crippen molar-refractivity contribution < 1.29 is 9.72 Å². The average Bonchev–Trinajstić information content (AvgIpc) is 3.20. The molecule has 7 nitrogen and oxygen atoms in total. The van der Waals surface area contributed by atoms with Crippen LogP contribution in [0.2, 0.25) is 0 Å². The van der Waals surface area contributed by atoms with Gasteiger partial charge in [-0.05, 0) is 22.8 Å². The first-order valence-corrected chi connectivity index (χ1v) is 10.7. The Hall–Kier alpha value is -4.75. The summed E-state index contributed by atoms with van der Waals surface area (Å²) < 4.78 is 0.